The van der Waals surface area contributed by atoms with Crippen molar-refractivity contribution in [1.29, 1.82) is 0 Å². The second kappa shape index (κ2) is 15.0. The molecule has 0 saturated carbocycles. The Kier molecular flexibility index (Phi) is 9.21. The molecule has 0 amide bonds. The first-order chi connectivity index (χ1) is 31.0. The van der Waals surface area contributed by atoms with Crippen molar-refractivity contribution in [3.05, 3.63) is 199 Å². The second-order valence-corrected chi connectivity index (χ2v) is 19.0. The van der Waals surface area contributed by atoms with E-state index >= 15 is 0 Å². The molecule has 0 saturated heterocycles. The number of hydrogen-bond donors (Lipinski definition) is 0. The van der Waals surface area contributed by atoms with Crippen LogP contribution in [0.2, 0.25) is 0 Å². The highest BCUT2D eigenvalue weighted by Gasteiger charge is 2.26. The number of fused-ring (bicyclic) bond motifs is 7. The first kappa shape index (κ1) is 39.2. The van der Waals surface area contributed by atoms with Gasteiger partial charge in [0.15, 0.2) is 11.6 Å². The molecule has 0 spiro atoms. The van der Waals surface area contributed by atoms with Gasteiger partial charge in [0.2, 0.25) is 5.95 Å². The summed E-state index contributed by atoms with van der Waals surface area (Å²) in [5.74, 6) is 1.80. The van der Waals surface area contributed by atoms with Gasteiger partial charge >= 0.3 is 0 Å². The Bertz CT molecular complexity index is 3550. The predicted molar refractivity (Wildman–Crippen MR) is 268 cm³/mol. The van der Waals surface area contributed by atoms with Gasteiger partial charge in [-0.05, 0) is 98.8 Å². The maximum Gasteiger partial charge on any atom is 0.238 e. The third-order valence-electron chi connectivity index (χ3n) is 12.7. The van der Waals surface area contributed by atoms with Gasteiger partial charge in [-0.25, -0.2) is 4.98 Å². The highest BCUT2D eigenvalue weighted by molar-refractivity contribution is 6.26. The first-order valence-electron chi connectivity index (χ1n) is 22.2. The monoisotopic (exact) mass is 827 g/mol. The van der Waals surface area contributed by atoms with Crippen LogP contribution < -0.4 is 0 Å². The highest BCUT2D eigenvalue weighted by Crippen LogP contribution is 2.44. The number of aromatic nitrogens is 5. The minimum Gasteiger partial charge on any atom is -0.309 e. The van der Waals surface area contributed by atoms with Crippen molar-refractivity contribution in [2.45, 2.75) is 52.4 Å². The van der Waals surface area contributed by atoms with Crippen molar-refractivity contribution in [1.82, 2.24) is 24.1 Å². The molecule has 0 aliphatic rings. The minimum absolute atomic E-state index is 0.00430. The van der Waals surface area contributed by atoms with E-state index in [1.807, 2.05) is 18.2 Å². The van der Waals surface area contributed by atoms with E-state index in [4.69, 9.17) is 15.0 Å². The van der Waals surface area contributed by atoms with Gasteiger partial charge in [-0.3, -0.25) is 4.57 Å². The van der Waals surface area contributed by atoms with Crippen LogP contribution in [0.3, 0.4) is 0 Å². The zero-order valence-corrected chi connectivity index (χ0v) is 37.1. The Morgan fingerprint density at radius 3 is 1.42 bits per heavy atom. The van der Waals surface area contributed by atoms with E-state index in [0.717, 1.165) is 44.4 Å². The second-order valence-electron chi connectivity index (χ2n) is 19.0. The molecular weight excluding hydrogens is 779 g/mol. The summed E-state index contributed by atoms with van der Waals surface area (Å²) in [7, 11) is 0. The molecule has 0 atom stereocenters. The molecule has 11 aromatic rings. The molecule has 0 radical (unpaired) electrons. The van der Waals surface area contributed by atoms with Crippen molar-refractivity contribution in [2.75, 3.05) is 0 Å². The summed E-state index contributed by atoms with van der Waals surface area (Å²) in [5, 5.41) is 4.78. The Labute approximate surface area is 374 Å². The van der Waals surface area contributed by atoms with Crippen molar-refractivity contribution in [3.63, 3.8) is 0 Å². The van der Waals surface area contributed by atoms with Crippen LogP contribution in [-0.4, -0.2) is 24.1 Å². The predicted octanol–water partition coefficient (Wildman–Crippen LogP) is 15.3. The molecule has 64 heavy (non-hydrogen) atoms. The zero-order valence-electron chi connectivity index (χ0n) is 37.1. The fourth-order valence-electron chi connectivity index (χ4n) is 9.26. The van der Waals surface area contributed by atoms with Gasteiger partial charge in [-0.15, -0.1) is 0 Å². The van der Waals surface area contributed by atoms with Crippen LogP contribution in [0.25, 0.3) is 100 Å². The molecule has 5 heteroatoms. The fourth-order valence-corrected chi connectivity index (χ4v) is 9.26. The van der Waals surface area contributed by atoms with Gasteiger partial charge in [0.05, 0.1) is 22.1 Å². The fraction of sp³-hybridized carbons (Fsp3) is 0.136. The van der Waals surface area contributed by atoms with Crippen LogP contribution in [0.5, 0.6) is 0 Å². The van der Waals surface area contributed by atoms with E-state index in [2.05, 4.69) is 221 Å². The summed E-state index contributed by atoms with van der Waals surface area (Å²) in [5.41, 5.74) is 14.5. The molecule has 0 aliphatic heterocycles. The molecule has 0 N–H and O–H groups in total. The van der Waals surface area contributed by atoms with Crippen LogP contribution in [0.15, 0.2) is 188 Å². The van der Waals surface area contributed by atoms with E-state index in [1.54, 1.807) is 0 Å². The SMILES string of the molecule is CC(C)(C)c1ccc2c(c1)c1c(ccc3c4cc(C(C)(C)C)ccc4n(-c4ccccc4)c31)n2-c1nc(-c2ccccc2)nc(-c2cccc(-c3cccc(-c4ccccc4)c3)c2)n1. The van der Waals surface area contributed by atoms with Crippen LogP contribution in [0.1, 0.15) is 52.7 Å². The molecule has 0 unspecified atom stereocenters. The molecule has 11 rings (SSSR count). The van der Waals surface area contributed by atoms with Gasteiger partial charge in [-0.1, -0.05) is 175 Å². The van der Waals surface area contributed by atoms with Gasteiger partial charge in [0.25, 0.3) is 0 Å². The van der Waals surface area contributed by atoms with E-state index < -0.39 is 0 Å². The zero-order chi connectivity index (χ0) is 43.7. The normalized spacial score (nSPS) is 12.2. The number of rotatable bonds is 6. The number of hydrogen-bond acceptors (Lipinski definition) is 3. The molecule has 310 valence electrons. The van der Waals surface area contributed by atoms with Crippen molar-refractivity contribution in [3.8, 4) is 56.7 Å². The maximum atomic E-state index is 5.42. The summed E-state index contributed by atoms with van der Waals surface area (Å²) in [6.07, 6.45) is 0. The van der Waals surface area contributed by atoms with E-state index in [1.165, 1.54) is 49.4 Å². The average molecular weight is 828 g/mol. The van der Waals surface area contributed by atoms with E-state index in [9.17, 15) is 0 Å². The Morgan fingerprint density at radius 1 is 0.344 bits per heavy atom. The molecule has 5 nitrogen and oxygen atoms in total. The summed E-state index contributed by atoms with van der Waals surface area (Å²) in [4.78, 5) is 16.0. The Morgan fingerprint density at radius 2 is 0.812 bits per heavy atom. The Hall–Kier alpha value is -7.63. The summed E-state index contributed by atoms with van der Waals surface area (Å²) >= 11 is 0. The average Bonchev–Trinajstić information content (AvgIpc) is 3.84. The summed E-state index contributed by atoms with van der Waals surface area (Å²) in [6.45, 7) is 13.7. The van der Waals surface area contributed by atoms with Gasteiger partial charge in [0.1, 0.15) is 0 Å². The van der Waals surface area contributed by atoms with Gasteiger partial charge in [0, 0.05) is 38.4 Å². The lowest BCUT2D eigenvalue weighted by Gasteiger charge is -2.19. The lowest BCUT2D eigenvalue weighted by Crippen LogP contribution is -2.10. The minimum atomic E-state index is -0.0727. The van der Waals surface area contributed by atoms with Gasteiger partial charge < -0.3 is 4.57 Å². The molecule has 8 aromatic carbocycles. The lowest BCUT2D eigenvalue weighted by molar-refractivity contribution is 0.591. The molecule has 0 bridgehead atoms. The van der Waals surface area contributed by atoms with Crippen LogP contribution in [0.4, 0.5) is 0 Å². The first-order valence-corrected chi connectivity index (χ1v) is 22.2. The maximum absolute atomic E-state index is 5.42. The molecule has 3 aromatic heterocycles. The lowest BCUT2D eigenvalue weighted by atomic mass is 9.86. The number of para-hydroxylation sites is 1. The third-order valence-corrected chi connectivity index (χ3v) is 12.7. The summed E-state index contributed by atoms with van der Waals surface area (Å²) < 4.78 is 4.72. The standard InChI is InChI=1S/C59H49N5/c1-58(2,3)44-28-31-50-48(36-44)47-30-33-52-53(54(47)63(50)46-26-14-9-15-27-46)49-37-45(59(4,5)6)29-32-51(49)64(52)57-61-55(39-20-12-8-13-21-39)60-56(62-57)43-25-17-24-42(35-43)41-23-16-22-40(34-41)38-18-10-7-11-19-38/h7-37H,1-6H3. The molecule has 0 aliphatic carbocycles. The smallest absolute Gasteiger partial charge is 0.238 e. The van der Waals surface area contributed by atoms with Gasteiger partial charge in [-0.2, -0.15) is 9.97 Å². The molecular formula is C59H49N5. The van der Waals surface area contributed by atoms with Crippen molar-refractivity contribution < 1.29 is 0 Å². The van der Waals surface area contributed by atoms with Crippen LogP contribution >= 0.6 is 0 Å². The van der Waals surface area contributed by atoms with Crippen molar-refractivity contribution >= 4 is 43.6 Å². The van der Waals surface area contributed by atoms with E-state index in [-0.39, 0.29) is 10.8 Å². The molecule has 3 heterocycles. The highest BCUT2D eigenvalue weighted by atomic mass is 15.2. The third kappa shape index (κ3) is 6.76. The van der Waals surface area contributed by atoms with Crippen molar-refractivity contribution in [2.24, 2.45) is 0 Å². The quantitative estimate of drug-likeness (QED) is 0.168. The van der Waals surface area contributed by atoms with E-state index in [0.29, 0.717) is 17.6 Å². The Balaban J connectivity index is 1.20. The summed E-state index contributed by atoms with van der Waals surface area (Å²) in [6, 6.07) is 67.4. The topological polar surface area (TPSA) is 48.5 Å². The largest absolute Gasteiger partial charge is 0.309 e. The number of benzene rings is 8. The molecule has 0 fully saturated rings. The number of nitrogens with zero attached hydrogens (tertiary/aromatic N) is 5. The van der Waals surface area contributed by atoms with Crippen LogP contribution in [-0.2, 0) is 10.8 Å². The van der Waals surface area contributed by atoms with Crippen LogP contribution in [0, 0.1) is 0 Å².